The summed E-state index contributed by atoms with van der Waals surface area (Å²) in [6.07, 6.45) is 3.70. The van der Waals surface area contributed by atoms with Gasteiger partial charge in [-0.2, -0.15) is 0 Å². The van der Waals surface area contributed by atoms with Crippen LogP contribution in [0.1, 0.15) is 37.2 Å². The predicted molar refractivity (Wildman–Crippen MR) is 112 cm³/mol. The van der Waals surface area contributed by atoms with E-state index >= 15 is 0 Å². The molecule has 2 aromatic heterocycles. The van der Waals surface area contributed by atoms with Gasteiger partial charge in [0.1, 0.15) is 0 Å². The normalized spacial score (nSPS) is 12.0. The minimum absolute atomic E-state index is 0.107. The van der Waals surface area contributed by atoms with Crippen molar-refractivity contribution in [3.63, 3.8) is 0 Å². The van der Waals surface area contributed by atoms with Crippen molar-refractivity contribution in [3.05, 3.63) is 59.7 Å². The Morgan fingerprint density at radius 2 is 1.89 bits per heavy atom. The topological polar surface area (TPSA) is 76.0 Å². The van der Waals surface area contributed by atoms with Gasteiger partial charge in [0, 0.05) is 29.4 Å². The van der Waals surface area contributed by atoms with Crippen LogP contribution < -0.4 is 10.6 Å². The highest BCUT2D eigenvalue weighted by atomic mass is 32.1. The molecule has 1 unspecified atom stereocenters. The van der Waals surface area contributed by atoms with Gasteiger partial charge in [0.15, 0.2) is 5.13 Å². The number of aromatic nitrogens is 2. The number of rotatable bonds is 7. The fraction of sp³-hybridized carbons (Fsp3) is 0.286. The lowest BCUT2D eigenvalue weighted by Crippen LogP contribution is -2.32. The lowest BCUT2D eigenvalue weighted by atomic mass is 10.1. The molecule has 0 saturated carbocycles. The summed E-state index contributed by atoms with van der Waals surface area (Å²) in [5.74, 6) is -0.112. The van der Waals surface area contributed by atoms with Crippen LogP contribution >= 0.6 is 11.3 Å². The fourth-order valence-corrected chi connectivity index (χ4v) is 3.38. The zero-order valence-corrected chi connectivity index (χ0v) is 17.0. The van der Waals surface area contributed by atoms with Gasteiger partial charge in [-0.25, -0.2) is 4.98 Å². The highest BCUT2D eigenvalue weighted by molar-refractivity contribution is 7.14. The first-order chi connectivity index (χ1) is 13.4. The minimum atomic E-state index is -0.308. The molecule has 0 aliphatic carbocycles. The summed E-state index contributed by atoms with van der Waals surface area (Å²) in [5.41, 5.74) is 2.35. The Labute approximate surface area is 168 Å². The number of nitrogens with zero attached hydrogens (tertiary/aromatic N) is 2. The van der Waals surface area contributed by atoms with Crippen molar-refractivity contribution in [2.45, 2.75) is 26.8 Å². The number of amides is 2. The maximum atomic E-state index is 12.3. The quantitative estimate of drug-likeness (QED) is 0.628. The Kier molecular flexibility index (Phi) is 6.26. The minimum Gasteiger partial charge on any atom is -0.350 e. The van der Waals surface area contributed by atoms with E-state index in [1.54, 1.807) is 6.07 Å². The number of hydrogen-bond donors (Lipinski definition) is 2. The van der Waals surface area contributed by atoms with Crippen LogP contribution in [0.25, 0.3) is 11.3 Å². The van der Waals surface area contributed by atoms with Crippen molar-refractivity contribution in [2.75, 3.05) is 11.9 Å². The Morgan fingerprint density at radius 1 is 1.14 bits per heavy atom. The van der Waals surface area contributed by atoms with E-state index in [4.69, 9.17) is 0 Å². The fourth-order valence-electron chi connectivity index (χ4n) is 2.64. The molecule has 6 nitrogen and oxygen atoms in total. The van der Waals surface area contributed by atoms with Crippen LogP contribution in [-0.4, -0.2) is 27.9 Å². The molecule has 1 atom stereocenters. The third-order valence-electron chi connectivity index (χ3n) is 4.64. The first-order valence-electron chi connectivity index (χ1n) is 9.20. The molecule has 0 spiro atoms. The molecule has 2 heterocycles. The van der Waals surface area contributed by atoms with Gasteiger partial charge in [-0.1, -0.05) is 44.2 Å². The van der Waals surface area contributed by atoms with Crippen molar-refractivity contribution >= 4 is 28.3 Å². The van der Waals surface area contributed by atoms with E-state index in [1.807, 2.05) is 52.7 Å². The van der Waals surface area contributed by atoms with Crippen LogP contribution in [0.2, 0.25) is 0 Å². The zero-order valence-electron chi connectivity index (χ0n) is 16.2. The summed E-state index contributed by atoms with van der Waals surface area (Å²) in [6, 6.07) is 11.8. The average Bonchev–Trinajstić information content (AvgIpc) is 3.36. The molecule has 3 rings (SSSR count). The van der Waals surface area contributed by atoms with Crippen LogP contribution in [0.4, 0.5) is 5.13 Å². The molecule has 7 heteroatoms. The van der Waals surface area contributed by atoms with Crippen LogP contribution in [-0.2, 0) is 4.79 Å². The van der Waals surface area contributed by atoms with E-state index < -0.39 is 0 Å². The Hall–Kier alpha value is -2.93. The smallest absolute Gasteiger partial charge is 0.253 e. The SMILES string of the molecule is CC(C)C(C)n1ccc(C(=O)NCC(=O)Nc2nc(-c3ccccc3)cs2)c1. The van der Waals surface area contributed by atoms with E-state index in [1.165, 1.54) is 11.3 Å². The van der Waals surface area contributed by atoms with Crippen molar-refractivity contribution in [2.24, 2.45) is 5.92 Å². The van der Waals surface area contributed by atoms with Crippen molar-refractivity contribution < 1.29 is 9.59 Å². The van der Waals surface area contributed by atoms with Gasteiger partial charge in [0.05, 0.1) is 17.8 Å². The lowest BCUT2D eigenvalue weighted by molar-refractivity contribution is -0.115. The van der Waals surface area contributed by atoms with Crippen LogP contribution in [0.3, 0.4) is 0 Å². The number of benzene rings is 1. The maximum absolute atomic E-state index is 12.3. The summed E-state index contributed by atoms with van der Waals surface area (Å²) < 4.78 is 2.01. The molecule has 0 bridgehead atoms. The van der Waals surface area contributed by atoms with Crippen LogP contribution in [0.15, 0.2) is 54.2 Å². The van der Waals surface area contributed by atoms with Gasteiger partial charge < -0.3 is 15.2 Å². The molecule has 3 aromatic rings. The highest BCUT2D eigenvalue weighted by Crippen LogP contribution is 2.24. The van der Waals surface area contributed by atoms with Gasteiger partial charge in [-0.3, -0.25) is 9.59 Å². The number of carbonyl (C=O) groups excluding carboxylic acids is 2. The zero-order chi connectivity index (χ0) is 20.1. The predicted octanol–water partition coefficient (Wildman–Crippen LogP) is 4.20. The summed E-state index contributed by atoms with van der Waals surface area (Å²) in [7, 11) is 0. The first kappa shape index (κ1) is 19.8. The van der Waals surface area contributed by atoms with Gasteiger partial charge in [-0.15, -0.1) is 11.3 Å². The number of nitrogens with one attached hydrogen (secondary N) is 2. The Morgan fingerprint density at radius 3 is 2.61 bits per heavy atom. The molecule has 0 radical (unpaired) electrons. The monoisotopic (exact) mass is 396 g/mol. The first-order valence-corrected chi connectivity index (χ1v) is 10.1. The maximum Gasteiger partial charge on any atom is 0.253 e. The summed E-state index contributed by atoms with van der Waals surface area (Å²) in [6.45, 7) is 6.27. The van der Waals surface area contributed by atoms with E-state index in [-0.39, 0.29) is 18.4 Å². The number of thiazole rings is 1. The van der Waals surface area contributed by atoms with E-state index in [9.17, 15) is 9.59 Å². The molecule has 2 amide bonds. The largest absolute Gasteiger partial charge is 0.350 e. The molecule has 0 saturated heterocycles. The second kappa shape index (κ2) is 8.84. The summed E-state index contributed by atoms with van der Waals surface area (Å²) >= 11 is 1.35. The van der Waals surface area contributed by atoms with E-state index in [0.717, 1.165) is 11.3 Å². The molecule has 0 fully saturated rings. The summed E-state index contributed by atoms with van der Waals surface area (Å²) in [4.78, 5) is 28.8. The van der Waals surface area contributed by atoms with Gasteiger partial charge in [0.25, 0.3) is 5.91 Å². The molecule has 0 aliphatic rings. The average molecular weight is 397 g/mol. The molecule has 146 valence electrons. The molecule has 28 heavy (non-hydrogen) atoms. The molecule has 0 aliphatic heterocycles. The molecular weight excluding hydrogens is 372 g/mol. The van der Waals surface area contributed by atoms with E-state index in [0.29, 0.717) is 22.7 Å². The second-order valence-electron chi connectivity index (χ2n) is 6.97. The lowest BCUT2D eigenvalue weighted by Gasteiger charge is -2.17. The van der Waals surface area contributed by atoms with Crippen LogP contribution in [0.5, 0.6) is 0 Å². The van der Waals surface area contributed by atoms with Gasteiger partial charge >= 0.3 is 0 Å². The van der Waals surface area contributed by atoms with Crippen molar-refractivity contribution in [3.8, 4) is 11.3 Å². The second-order valence-corrected chi connectivity index (χ2v) is 7.82. The third-order valence-corrected chi connectivity index (χ3v) is 5.40. The Balaban J connectivity index is 1.52. The van der Waals surface area contributed by atoms with Gasteiger partial charge in [-0.05, 0) is 18.9 Å². The van der Waals surface area contributed by atoms with E-state index in [2.05, 4.69) is 36.4 Å². The number of hydrogen-bond acceptors (Lipinski definition) is 4. The number of anilines is 1. The Bertz CT molecular complexity index is 946. The van der Waals surface area contributed by atoms with Crippen molar-refractivity contribution in [1.29, 1.82) is 0 Å². The summed E-state index contributed by atoms with van der Waals surface area (Å²) in [5, 5.41) is 7.78. The molecule has 2 N–H and O–H groups in total. The third kappa shape index (κ3) is 4.86. The molecule has 1 aromatic carbocycles. The number of carbonyl (C=O) groups is 2. The van der Waals surface area contributed by atoms with Crippen molar-refractivity contribution in [1.82, 2.24) is 14.9 Å². The highest BCUT2D eigenvalue weighted by Gasteiger charge is 2.14. The van der Waals surface area contributed by atoms with Crippen LogP contribution in [0, 0.1) is 5.92 Å². The van der Waals surface area contributed by atoms with Gasteiger partial charge in [0.2, 0.25) is 5.91 Å². The standard InChI is InChI=1S/C21H24N4O2S/c1-14(2)15(3)25-10-9-17(12-25)20(27)22-11-19(26)24-21-23-18(13-28-21)16-7-5-4-6-8-16/h4-10,12-15H,11H2,1-3H3,(H,22,27)(H,23,24,26). The molecular formula is C21H24N4O2S.